The van der Waals surface area contributed by atoms with Crippen molar-refractivity contribution in [3.05, 3.63) is 17.7 Å². The highest BCUT2D eigenvalue weighted by atomic mass is 16.5. The summed E-state index contributed by atoms with van der Waals surface area (Å²) in [6.07, 6.45) is 2.70. The first-order valence-corrected chi connectivity index (χ1v) is 6.71. The maximum Gasteiger partial charge on any atom is 0.203 e. The van der Waals surface area contributed by atoms with E-state index in [9.17, 15) is 0 Å². The molecule has 0 radical (unpaired) electrons. The van der Waals surface area contributed by atoms with Crippen molar-refractivity contribution in [1.82, 2.24) is 5.32 Å². The Kier molecular flexibility index (Phi) is 4.53. The van der Waals surface area contributed by atoms with Crippen molar-refractivity contribution < 1.29 is 14.2 Å². The number of ether oxygens (including phenoxy) is 3. The molecule has 0 aromatic heterocycles. The molecule has 0 heterocycles. The molecule has 1 saturated carbocycles. The first-order chi connectivity index (χ1) is 9.19. The van der Waals surface area contributed by atoms with E-state index in [2.05, 4.69) is 12.2 Å². The van der Waals surface area contributed by atoms with E-state index in [0.717, 1.165) is 18.0 Å². The summed E-state index contributed by atoms with van der Waals surface area (Å²) < 4.78 is 16.0. The van der Waals surface area contributed by atoms with Crippen molar-refractivity contribution in [3.8, 4) is 17.2 Å². The molecular formula is C15H23NO3. The van der Waals surface area contributed by atoms with Crippen LogP contribution in [0.2, 0.25) is 0 Å². The van der Waals surface area contributed by atoms with Crippen LogP contribution in [0.4, 0.5) is 0 Å². The molecule has 4 nitrogen and oxygen atoms in total. The Morgan fingerprint density at radius 3 is 2.11 bits per heavy atom. The molecule has 1 aliphatic carbocycles. The summed E-state index contributed by atoms with van der Waals surface area (Å²) in [5.41, 5.74) is 1.14. The van der Waals surface area contributed by atoms with Gasteiger partial charge in [-0.3, -0.25) is 0 Å². The van der Waals surface area contributed by atoms with Crippen molar-refractivity contribution >= 4 is 0 Å². The normalized spacial score (nSPS) is 16.0. The summed E-state index contributed by atoms with van der Waals surface area (Å²) in [5, 5.41) is 3.55. The smallest absolute Gasteiger partial charge is 0.203 e. The molecule has 1 aromatic carbocycles. The van der Waals surface area contributed by atoms with Gasteiger partial charge in [0.15, 0.2) is 11.5 Å². The van der Waals surface area contributed by atoms with Gasteiger partial charge in [-0.15, -0.1) is 0 Å². The summed E-state index contributed by atoms with van der Waals surface area (Å²) in [5.74, 6) is 2.90. The van der Waals surface area contributed by atoms with E-state index < -0.39 is 0 Å². The Bertz CT molecular complexity index is 404. The molecule has 1 aliphatic rings. The average molecular weight is 265 g/mol. The largest absolute Gasteiger partial charge is 0.493 e. The third-order valence-electron chi connectivity index (χ3n) is 3.68. The highest BCUT2D eigenvalue weighted by Crippen LogP contribution is 2.38. The lowest BCUT2D eigenvalue weighted by molar-refractivity contribution is 0.323. The molecule has 1 N–H and O–H groups in total. The summed E-state index contributed by atoms with van der Waals surface area (Å²) in [4.78, 5) is 0. The van der Waals surface area contributed by atoms with Gasteiger partial charge in [-0.2, -0.15) is 0 Å². The van der Waals surface area contributed by atoms with Gasteiger partial charge in [0.2, 0.25) is 5.75 Å². The van der Waals surface area contributed by atoms with Crippen LogP contribution >= 0.6 is 0 Å². The maximum absolute atomic E-state index is 5.35. The van der Waals surface area contributed by atoms with Gasteiger partial charge in [0.1, 0.15) is 0 Å². The third-order valence-corrected chi connectivity index (χ3v) is 3.68. The predicted molar refractivity (Wildman–Crippen MR) is 75.1 cm³/mol. The van der Waals surface area contributed by atoms with Gasteiger partial charge < -0.3 is 19.5 Å². The van der Waals surface area contributed by atoms with Crippen LogP contribution < -0.4 is 19.5 Å². The monoisotopic (exact) mass is 265 g/mol. The van der Waals surface area contributed by atoms with E-state index >= 15 is 0 Å². The van der Waals surface area contributed by atoms with Crippen LogP contribution in [0.3, 0.4) is 0 Å². The average Bonchev–Trinajstić information content (AvgIpc) is 3.27. The fourth-order valence-corrected chi connectivity index (χ4v) is 2.28. The molecular weight excluding hydrogens is 242 g/mol. The van der Waals surface area contributed by atoms with Crippen molar-refractivity contribution in [3.63, 3.8) is 0 Å². The van der Waals surface area contributed by atoms with E-state index in [0.29, 0.717) is 23.3 Å². The number of hydrogen-bond acceptors (Lipinski definition) is 4. The molecule has 1 unspecified atom stereocenters. The van der Waals surface area contributed by atoms with Crippen LogP contribution in [0.5, 0.6) is 17.2 Å². The van der Waals surface area contributed by atoms with Gasteiger partial charge in [-0.25, -0.2) is 0 Å². The first kappa shape index (κ1) is 14.0. The minimum Gasteiger partial charge on any atom is -0.493 e. The second-order valence-electron chi connectivity index (χ2n) is 5.04. The Hall–Kier alpha value is -1.42. The van der Waals surface area contributed by atoms with Gasteiger partial charge in [-0.1, -0.05) is 0 Å². The highest BCUT2D eigenvalue weighted by Gasteiger charge is 2.27. The molecule has 0 bridgehead atoms. The van der Waals surface area contributed by atoms with E-state index in [4.69, 9.17) is 14.2 Å². The van der Waals surface area contributed by atoms with Crippen LogP contribution in [0.1, 0.15) is 25.3 Å². The van der Waals surface area contributed by atoms with Crippen LogP contribution in [0.15, 0.2) is 12.1 Å². The zero-order valence-electron chi connectivity index (χ0n) is 12.2. The fraction of sp³-hybridized carbons (Fsp3) is 0.600. The fourth-order valence-electron chi connectivity index (χ4n) is 2.28. The molecule has 0 spiro atoms. The highest BCUT2D eigenvalue weighted by molar-refractivity contribution is 5.53. The molecule has 1 aromatic rings. The van der Waals surface area contributed by atoms with Gasteiger partial charge in [0, 0.05) is 12.6 Å². The second kappa shape index (κ2) is 6.15. The van der Waals surface area contributed by atoms with Crippen molar-refractivity contribution in [2.24, 2.45) is 5.92 Å². The van der Waals surface area contributed by atoms with Crippen LogP contribution in [-0.4, -0.2) is 27.4 Å². The molecule has 1 fully saturated rings. The first-order valence-electron chi connectivity index (χ1n) is 6.71. The molecule has 0 amide bonds. The Morgan fingerprint density at radius 2 is 1.68 bits per heavy atom. The summed E-state index contributed by atoms with van der Waals surface area (Å²) in [6.45, 7) is 3.06. The quantitative estimate of drug-likeness (QED) is 0.822. The molecule has 2 rings (SSSR count). The van der Waals surface area contributed by atoms with Crippen LogP contribution in [-0.2, 0) is 6.54 Å². The number of nitrogens with one attached hydrogen (secondary N) is 1. The third kappa shape index (κ3) is 3.32. The Balaban J connectivity index is 2.11. The number of hydrogen-bond donors (Lipinski definition) is 1. The standard InChI is InChI=1S/C15H23NO3/c1-10(12-5-6-12)16-9-11-7-13(17-2)15(19-4)14(8-11)18-3/h7-8,10,12,16H,5-6,9H2,1-4H3. The second-order valence-corrected chi connectivity index (χ2v) is 5.04. The summed E-state index contributed by atoms with van der Waals surface area (Å²) in [7, 11) is 4.90. The molecule has 19 heavy (non-hydrogen) atoms. The maximum atomic E-state index is 5.35. The van der Waals surface area contributed by atoms with Crippen molar-refractivity contribution in [2.45, 2.75) is 32.4 Å². The minimum absolute atomic E-state index is 0.569. The zero-order valence-corrected chi connectivity index (χ0v) is 12.2. The molecule has 0 saturated heterocycles. The van der Waals surface area contributed by atoms with Gasteiger partial charge >= 0.3 is 0 Å². The van der Waals surface area contributed by atoms with Crippen LogP contribution in [0, 0.1) is 5.92 Å². The minimum atomic E-state index is 0.569. The topological polar surface area (TPSA) is 39.7 Å². The molecule has 1 atom stereocenters. The van der Waals surface area contributed by atoms with Crippen molar-refractivity contribution in [2.75, 3.05) is 21.3 Å². The lowest BCUT2D eigenvalue weighted by Crippen LogP contribution is -2.27. The number of rotatable bonds is 7. The van der Waals surface area contributed by atoms with E-state index in [1.165, 1.54) is 12.8 Å². The predicted octanol–water partition coefficient (Wildman–Crippen LogP) is 2.60. The Labute approximate surface area is 115 Å². The lowest BCUT2D eigenvalue weighted by atomic mass is 10.1. The zero-order chi connectivity index (χ0) is 13.8. The van der Waals surface area contributed by atoms with Crippen LogP contribution in [0.25, 0.3) is 0 Å². The molecule has 0 aliphatic heterocycles. The van der Waals surface area contributed by atoms with E-state index in [1.807, 2.05) is 12.1 Å². The van der Waals surface area contributed by atoms with E-state index in [-0.39, 0.29) is 0 Å². The van der Waals surface area contributed by atoms with Crippen molar-refractivity contribution in [1.29, 1.82) is 0 Å². The lowest BCUT2D eigenvalue weighted by Gasteiger charge is -2.16. The summed E-state index contributed by atoms with van der Waals surface area (Å²) in [6, 6.07) is 4.56. The molecule has 4 heteroatoms. The van der Waals surface area contributed by atoms with E-state index in [1.54, 1.807) is 21.3 Å². The SMILES string of the molecule is COc1cc(CNC(C)C2CC2)cc(OC)c1OC. The van der Waals surface area contributed by atoms with Gasteiger partial charge in [-0.05, 0) is 43.4 Å². The van der Waals surface area contributed by atoms with Gasteiger partial charge in [0.25, 0.3) is 0 Å². The number of methoxy groups -OCH3 is 3. The van der Waals surface area contributed by atoms with Gasteiger partial charge in [0.05, 0.1) is 21.3 Å². The number of benzene rings is 1. The Morgan fingerprint density at radius 1 is 1.11 bits per heavy atom. The molecule has 106 valence electrons. The summed E-state index contributed by atoms with van der Waals surface area (Å²) >= 11 is 0.